The van der Waals surface area contributed by atoms with E-state index in [1.807, 2.05) is 67.6 Å². The summed E-state index contributed by atoms with van der Waals surface area (Å²) in [6.07, 6.45) is 0.861. The fraction of sp³-hybridized carbons (Fsp3) is 0.160. The second kappa shape index (κ2) is 8.48. The molecule has 1 unspecified atom stereocenters. The third kappa shape index (κ3) is 4.53. The van der Waals surface area contributed by atoms with E-state index in [2.05, 4.69) is 22.6 Å². The molecule has 1 heterocycles. The minimum Gasteiger partial charge on any atom is -0.485 e. The van der Waals surface area contributed by atoms with Crippen molar-refractivity contribution in [1.82, 2.24) is 0 Å². The van der Waals surface area contributed by atoms with Crippen molar-refractivity contribution in [3.05, 3.63) is 104 Å². The van der Waals surface area contributed by atoms with Crippen molar-refractivity contribution >= 4 is 38.2 Å². The summed E-state index contributed by atoms with van der Waals surface area (Å²) in [7, 11) is -3.79. The van der Waals surface area contributed by atoms with Gasteiger partial charge in [0.15, 0.2) is 0 Å². The average Bonchev–Trinajstić information content (AvgIpc) is 3.13. The minimum atomic E-state index is -3.79. The first-order chi connectivity index (χ1) is 14.8. The van der Waals surface area contributed by atoms with Gasteiger partial charge < -0.3 is 4.74 Å². The molecule has 3 aromatic carbocycles. The summed E-state index contributed by atoms with van der Waals surface area (Å²) >= 11 is 2.22. The molecule has 0 amide bonds. The molecule has 1 aliphatic heterocycles. The molecule has 1 atom stereocenters. The van der Waals surface area contributed by atoms with Crippen molar-refractivity contribution in [2.24, 2.45) is 0 Å². The highest BCUT2D eigenvalue weighted by Gasteiger charge is 2.43. The lowest BCUT2D eigenvalue weighted by Crippen LogP contribution is -2.27. The molecule has 4 rings (SSSR count). The van der Waals surface area contributed by atoms with E-state index < -0.39 is 15.4 Å². The first-order valence-corrected chi connectivity index (χ1v) is 12.3. The van der Waals surface area contributed by atoms with Gasteiger partial charge in [-0.3, -0.25) is 0 Å². The van der Waals surface area contributed by atoms with E-state index in [9.17, 15) is 8.42 Å². The lowest BCUT2D eigenvalue weighted by molar-refractivity contribution is 0.0800. The van der Waals surface area contributed by atoms with E-state index in [0.29, 0.717) is 17.7 Å². The van der Waals surface area contributed by atoms with Crippen LogP contribution in [0.3, 0.4) is 0 Å². The second-order valence-electron chi connectivity index (χ2n) is 7.79. The summed E-state index contributed by atoms with van der Waals surface area (Å²) in [6.45, 7) is 1.95. The lowest BCUT2D eigenvalue weighted by Gasteiger charge is -2.25. The predicted octanol–water partition coefficient (Wildman–Crippen LogP) is 5.73. The molecule has 6 heteroatoms. The van der Waals surface area contributed by atoms with Gasteiger partial charge in [0.25, 0.3) is 0 Å². The van der Waals surface area contributed by atoms with Gasteiger partial charge in [0.1, 0.15) is 11.4 Å². The molecule has 156 valence electrons. The standard InChI is InChI=1S/C25H20INO3S/c1-25(15-18-5-3-2-4-6-18)16-23(24(30-25)20-9-11-21(26)12-10-20)31(28,29)22-13-7-19(17-27)8-14-22/h2-14H,15-16H2,1H3. The Hall–Kier alpha value is -2.63. The lowest BCUT2D eigenvalue weighted by atomic mass is 9.94. The van der Waals surface area contributed by atoms with E-state index in [4.69, 9.17) is 10.00 Å². The van der Waals surface area contributed by atoms with Crippen LogP contribution in [0.15, 0.2) is 88.7 Å². The highest BCUT2D eigenvalue weighted by molar-refractivity contribution is 14.1. The number of sulfone groups is 1. The number of nitrogens with zero attached hydrogens (tertiary/aromatic N) is 1. The number of hydrogen-bond acceptors (Lipinski definition) is 4. The van der Waals surface area contributed by atoms with E-state index in [1.54, 1.807) is 0 Å². The Morgan fingerprint density at radius 3 is 2.26 bits per heavy atom. The van der Waals surface area contributed by atoms with Crippen molar-refractivity contribution in [3.8, 4) is 6.07 Å². The van der Waals surface area contributed by atoms with Crippen LogP contribution in [0.4, 0.5) is 0 Å². The van der Waals surface area contributed by atoms with Gasteiger partial charge in [-0.1, -0.05) is 42.5 Å². The molecular weight excluding hydrogens is 521 g/mol. The van der Waals surface area contributed by atoms with Crippen molar-refractivity contribution in [3.63, 3.8) is 0 Å². The van der Waals surface area contributed by atoms with Gasteiger partial charge in [-0.2, -0.15) is 5.26 Å². The molecule has 0 spiro atoms. The van der Waals surface area contributed by atoms with E-state index in [1.165, 1.54) is 24.3 Å². The Morgan fingerprint density at radius 1 is 1.00 bits per heavy atom. The molecule has 3 aromatic rings. The fourth-order valence-electron chi connectivity index (χ4n) is 3.77. The van der Waals surface area contributed by atoms with E-state index in [0.717, 1.165) is 14.7 Å². The molecule has 0 aromatic heterocycles. The molecule has 0 fully saturated rings. The SMILES string of the molecule is CC1(Cc2ccccc2)CC(S(=O)(=O)c2ccc(C#N)cc2)=C(c2ccc(I)cc2)O1. The van der Waals surface area contributed by atoms with Crippen molar-refractivity contribution in [1.29, 1.82) is 5.26 Å². The van der Waals surface area contributed by atoms with Crippen LogP contribution in [0.2, 0.25) is 0 Å². The summed E-state index contributed by atoms with van der Waals surface area (Å²) < 4.78 is 34.7. The molecule has 0 saturated carbocycles. The van der Waals surface area contributed by atoms with Gasteiger partial charge >= 0.3 is 0 Å². The number of rotatable bonds is 5. The van der Waals surface area contributed by atoms with Crippen LogP contribution in [-0.2, 0) is 21.0 Å². The number of halogens is 1. The summed E-state index contributed by atoms with van der Waals surface area (Å²) in [5.74, 6) is 0.402. The Bertz CT molecular complexity index is 1280. The van der Waals surface area contributed by atoms with Crippen molar-refractivity contribution in [2.75, 3.05) is 0 Å². The van der Waals surface area contributed by atoms with Gasteiger partial charge in [0.2, 0.25) is 9.84 Å². The Labute approximate surface area is 196 Å². The molecule has 4 nitrogen and oxygen atoms in total. The molecule has 1 aliphatic rings. The van der Waals surface area contributed by atoms with Gasteiger partial charge in [0, 0.05) is 22.0 Å². The molecule has 0 N–H and O–H groups in total. The maximum atomic E-state index is 13.6. The zero-order valence-corrected chi connectivity index (χ0v) is 19.9. The third-order valence-corrected chi connectivity index (χ3v) is 7.87. The van der Waals surface area contributed by atoms with E-state index >= 15 is 0 Å². The summed E-state index contributed by atoms with van der Waals surface area (Å²) in [5.41, 5.74) is 1.56. The number of nitriles is 1. The van der Waals surface area contributed by atoms with Crippen LogP contribution in [0.5, 0.6) is 0 Å². The molecule has 0 saturated heterocycles. The first-order valence-electron chi connectivity index (χ1n) is 9.78. The Kier molecular flexibility index (Phi) is 5.91. The minimum absolute atomic E-state index is 0.164. The molecule has 31 heavy (non-hydrogen) atoms. The van der Waals surface area contributed by atoms with Crippen LogP contribution < -0.4 is 0 Å². The Balaban J connectivity index is 1.78. The van der Waals surface area contributed by atoms with Gasteiger partial charge in [-0.05, 0) is 71.5 Å². The van der Waals surface area contributed by atoms with Gasteiger partial charge in [-0.25, -0.2) is 8.42 Å². The largest absolute Gasteiger partial charge is 0.485 e. The highest BCUT2D eigenvalue weighted by Crippen LogP contribution is 2.45. The number of benzene rings is 3. The topological polar surface area (TPSA) is 67.2 Å². The monoisotopic (exact) mass is 541 g/mol. The van der Waals surface area contributed by atoms with Crippen LogP contribution in [0.1, 0.15) is 30.0 Å². The molecular formula is C25H20INO3S. The molecule has 0 bridgehead atoms. The van der Waals surface area contributed by atoms with Crippen LogP contribution in [0.25, 0.3) is 5.76 Å². The van der Waals surface area contributed by atoms with Crippen molar-refractivity contribution in [2.45, 2.75) is 30.3 Å². The predicted molar refractivity (Wildman–Crippen MR) is 129 cm³/mol. The summed E-state index contributed by atoms with van der Waals surface area (Å²) in [4.78, 5) is 0.439. The quantitative estimate of drug-likeness (QED) is 0.388. The number of ether oxygens (including phenoxy) is 1. The average molecular weight is 541 g/mol. The third-order valence-electron chi connectivity index (χ3n) is 5.28. The van der Waals surface area contributed by atoms with Gasteiger partial charge in [-0.15, -0.1) is 0 Å². The van der Waals surface area contributed by atoms with Crippen LogP contribution >= 0.6 is 22.6 Å². The Morgan fingerprint density at radius 2 is 1.65 bits per heavy atom. The summed E-state index contributed by atoms with van der Waals surface area (Å²) in [5, 5.41) is 9.04. The van der Waals surface area contributed by atoms with E-state index in [-0.39, 0.29) is 16.2 Å². The summed E-state index contributed by atoms with van der Waals surface area (Å²) in [6, 6.07) is 25.6. The van der Waals surface area contributed by atoms with Gasteiger partial charge in [0.05, 0.1) is 21.4 Å². The maximum absolute atomic E-state index is 13.6. The zero-order valence-electron chi connectivity index (χ0n) is 16.9. The molecule has 0 radical (unpaired) electrons. The second-order valence-corrected chi connectivity index (χ2v) is 11.0. The van der Waals surface area contributed by atoms with Crippen molar-refractivity contribution < 1.29 is 13.2 Å². The zero-order chi connectivity index (χ0) is 22.1. The van der Waals surface area contributed by atoms with Crippen LogP contribution in [-0.4, -0.2) is 14.0 Å². The highest BCUT2D eigenvalue weighted by atomic mass is 127. The first kappa shape index (κ1) is 21.6. The normalized spacial score (nSPS) is 18.5. The maximum Gasteiger partial charge on any atom is 0.206 e. The molecule has 0 aliphatic carbocycles. The smallest absolute Gasteiger partial charge is 0.206 e. The van der Waals surface area contributed by atoms with Crippen LogP contribution in [0, 0.1) is 14.9 Å². The number of hydrogen-bond donors (Lipinski definition) is 0. The fourth-order valence-corrected chi connectivity index (χ4v) is 5.81.